The zero-order valence-corrected chi connectivity index (χ0v) is 16.6. The maximum atomic E-state index is 12.7. The number of amides is 1. The van der Waals surface area contributed by atoms with Crippen LogP contribution in [0.2, 0.25) is 0 Å². The van der Waals surface area contributed by atoms with Gasteiger partial charge in [-0.15, -0.1) is 6.58 Å². The van der Waals surface area contributed by atoms with Gasteiger partial charge in [-0.05, 0) is 31.2 Å². The Balaban J connectivity index is 1.48. The molecule has 0 saturated carbocycles. The van der Waals surface area contributed by atoms with E-state index in [4.69, 9.17) is 4.74 Å². The van der Waals surface area contributed by atoms with Gasteiger partial charge in [0, 0.05) is 64.1 Å². The second-order valence-electron chi connectivity index (χ2n) is 7.45. The van der Waals surface area contributed by atoms with Crippen molar-refractivity contribution in [1.82, 2.24) is 14.7 Å². The Kier molecular flexibility index (Phi) is 6.74. The van der Waals surface area contributed by atoms with Crippen molar-refractivity contribution in [1.29, 1.82) is 0 Å². The SMILES string of the molecule is C=CCN1CCN(C(=O)CN2CCN(c3ccc(OC)cc3)C(C)C2)CC1. The van der Waals surface area contributed by atoms with Gasteiger partial charge < -0.3 is 14.5 Å². The molecule has 6 nitrogen and oxygen atoms in total. The number of hydrogen-bond donors (Lipinski definition) is 0. The minimum absolute atomic E-state index is 0.262. The maximum absolute atomic E-state index is 12.7. The van der Waals surface area contributed by atoms with E-state index in [0.29, 0.717) is 12.6 Å². The highest BCUT2D eigenvalue weighted by atomic mass is 16.5. The lowest BCUT2D eigenvalue weighted by Crippen LogP contribution is -2.56. The van der Waals surface area contributed by atoms with Crippen LogP contribution < -0.4 is 9.64 Å². The van der Waals surface area contributed by atoms with E-state index in [0.717, 1.165) is 58.1 Å². The molecule has 6 heteroatoms. The van der Waals surface area contributed by atoms with Gasteiger partial charge in [0.15, 0.2) is 0 Å². The van der Waals surface area contributed by atoms with E-state index >= 15 is 0 Å². The zero-order valence-electron chi connectivity index (χ0n) is 16.6. The zero-order chi connectivity index (χ0) is 19.2. The van der Waals surface area contributed by atoms with Gasteiger partial charge in [0.05, 0.1) is 13.7 Å². The van der Waals surface area contributed by atoms with Gasteiger partial charge in [-0.25, -0.2) is 0 Å². The standard InChI is InChI=1S/C21H32N4O2/c1-4-9-22-10-13-24(14-11-22)21(26)17-23-12-15-25(18(2)16-23)19-5-7-20(27-3)8-6-19/h4-8,18H,1,9-17H2,2-3H3. The van der Waals surface area contributed by atoms with Crippen molar-refractivity contribution < 1.29 is 9.53 Å². The normalized spacial score (nSPS) is 21.9. The van der Waals surface area contributed by atoms with Gasteiger partial charge in [-0.2, -0.15) is 0 Å². The predicted molar refractivity (Wildman–Crippen MR) is 109 cm³/mol. The largest absolute Gasteiger partial charge is 0.497 e. The topological polar surface area (TPSA) is 39.3 Å². The highest BCUT2D eigenvalue weighted by Crippen LogP contribution is 2.23. The monoisotopic (exact) mass is 372 g/mol. The first-order valence-electron chi connectivity index (χ1n) is 9.84. The number of nitrogens with zero attached hydrogens (tertiary/aromatic N) is 4. The summed E-state index contributed by atoms with van der Waals surface area (Å²) in [7, 11) is 1.69. The summed E-state index contributed by atoms with van der Waals surface area (Å²) < 4.78 is 5.25. The summed E-state index contributed by atoms with van der Waals surface area (Å²) in [6, 6.07) is 8.61. The molecule has 0 N–H and O–H groups in total. The lowest BCUT2D eigenvalue weighted by atomic mass is 10.1. The number of piperazine rings is 2. The molecule has 2 fully saturated rings. The molecule has 0 aromatic heterocycles. The van der Waals surface area contributed by atoms with Crippen molar-refractivity contribution in [2.75, 3.05) is 70.9 Å². The number of ether oxygens (including phenoxy) is 1. The Bertz CT molecular complexity index is 626. The summed E-state index contributed by atoms with van der Waals surface area (Å²) in [5.41, 5.74) is 1.22. The number of hydrogen-bond acceptors (Lipinski definition) is 5. The molecular formula is C21H32N4O2. The van der Waals surface area contributed by atoms with Crippen LogP contribution in [0.3, 0.4) is 0 Å². The Morgan fingerprint density at radius 3 is 2.37 bits per heavy atom. The first-order chi connectivity index (χ1) is 13.1. The van der Waals surface area contributed by atoms with Gasteiger partial charge >= 0.3 is 0 Å². The molecule has 148 valence electrons. The van der Waals surface area contributed by atoms with Crippen molar-refractivity contribution in [3.05, 3.63) is 36.9 Å². The number of benzene rings is 1. The summed E-state index contributed by atoms with van der Waals surface area (Å²) in [4.78, 5) is 21.7. The van der Waals surface area contributed by atoms with Crippen molar-refractivity contribution in [3.63, 3.8) is 0 Å². The van der Waals surface area contributed by atoms with Crippen LogP contribution in [0.1, 0.15) is 6.92 Å². The number of methoxy groups -OCH3 is 1. The third-order valence-electron chi connectivity index (χ3n) is 5.59. The summed E-state index contributed by atoms with van der Waals surface area (Å²) in [6.45, 7) is 13.8. The van der Waals surface area contributed by atoms with Crippen LogP contribution >= 0.6 is 0 Å². The fraction of sp³-hybridized carbons (Fsp3) is 0.571. The van der Waals surface area contributed by atoms with Crippen LogP contribution in [-0.4, -0.2) is 92.7 Å². The summed E-state index contributed by atoms with van der Waals surface area (Å²) in [6.07, 6.45) is 1.93. The van der Waals surface area contributed by atoms with Gasteiger partial charge in [0.25, 0.3) is 0 Å². The van der Waals surface area contributed by atoms with Crippen molar-refractivity contribution in [2.45, 2.75) is 13.0 Å². The number of carbonyl (C=O) groups is 1. The van der Waals surface area contributed by atoms with E-state index in [2.05, 4.69) is 40.3 Å². The fourth-order valence-electron chi connectivity index (χ4n) is 3.99. The van der Waals surface area contributed by atoms with Gasteiger partial charge in [0.1, 0.15) is 5.75 Å². The lowest BCUT2D eigenvalue weighted by molar-refractivity contribution is -0.134. The smallest absolute Gasteiger partial charge is 0.236 e. The Hall–Kier alpha value is -2.05. The van der Waals surface area contributed by atoms with E-state index in [1.165, 1.54) is 5.69 Å². The van der Waals surface area contributed by atoms with Gasteiger partial charge in [-0.3, -0.25) is 14.6 Å². The van der Waals surface area contributed by atoms with Gasteiger partial charge in [-0.1, -0.05) is 6.08 Å². The molecule has 0 radical (unpaired) electrons. The quantitative estimate of drug-likeness (QED) is 0.709. The Morgan fingerprint density at radius 1 is 1.11 bits per heavy atom. The first kappa shape index (κ1) is 19.7. The molecule has 2 aliphatic heterocycles. The fourth-order valence-corrected chi connectivity index (χ4v) is 3.99. The van der Waals surface area contributed by atoms with E-state index in [1.54, 1.807) is 7.11 Å². The average Bonchev–Trinajstić information content (AvgIpc) is 2.69. The predicted octanol–water partition coefficient (Wildman–Crippen LogP) is 1.54. The molecule has 3 rings (SSSR count). The van der Waals surface area contributed by atoms with Crippen LogP contribution in [-0.2, 0) is 4.79 Å². The second-order valence-corrected chi connectivity index (χ2v) is 7.45. The van der Waals surface area contributed by atoms with Crippen LogP contribution in [0.5, 0.6) is 5.75 Å². The highest BCUT2D eigenvalue weighted by molar-refractivity contribution is 5.78. The van der Waals surface area contributed by atoms with E-state index in [-0.39, 0.29) is 5.91 Å². The summed E-state index contributed by atoms with van der Waals surface area (Å²) >= 11 is 0. The molecule has 0 spiro atoms. The van der Waals surface area contributed by atoms with E-state index in [1.807, 2.05) is 23.1 Å². The third-order valence-corrected chi connectivity index (χ3v) is 5.59. The van der Waals surface area contributed by atoms with E-state index in [9.17, 15) is 4.79 Å². The van der Waals surface area contributed by atoms with Crippen LogP contribution in [0, 0.1) is 0 Å². The molecule has 2 heterocycles. The molecule has 1 aromatic carbocycles. The first-order valence-corrected chi connectivity index (χ1v) is 9.84. The molecule has 1 unspecified atom stereocenters. The number of carbonyl (C=O) groups excluding carboxylic acids is 1. The number of rotatable bonds is 6. The van der Waals surface area contributed by atoms with Crippen LogP contribution in [0.4, 0.5) is 5.69 Å². The third kappa shape index (κ3) is 5.02. The van der Waals surface area contributed by atoms with Crippen molar-refractivity contribution in [3.8, 4) is 5.75 Å². The molecular weight excluding hydrogens is 340 g/mol. The molecule has 0 aliphatic carbocycles. The molecule has 1 atom stereocenters. The minimum Gasteiger partial charge on any atom is -0.497 e. The Labute approximate surface area is 163 Å². The molecule has 0 bridgehead atoms. The molecule has 27 heavy (non-hydrogen) atoms. The van der Waals surface area contributed by atoms with Crippen molar-refractivity contribution in [2.24, 2.45) is 0 Å². The lowest BCUT2D eigenvalue weighted by Gasteiger charge is -2.42. The Morgan fingerprint density at radius 2 is 1.78 bits per heavy atom. The summed E-state index contributed by atoms with van der Waals surface area (Å²) in [5, 5.41) is 0. The molecule has 1 amide bonds. The van der Waals surface area contributed by atoms with Crippen LogP contribution in [0.25, 0.3) is 0 Å². The minimum atomic E-state index is 0.262. The average molecular weight is 373 g/mol. The summed E-state index contributed by atoms with van der Waals surface area (Å²) in [5.74, 6) is 1.14. The van der Waals surface area contributed by atoms with Crippen molar-refractivity contribution >= 4 is 11.6 Å². The molecule has 2 saturated heterocycles. The second kappa shape index (κ2) is 9.24. The maximum Gasteiger partial charge on any atom is 0.236 e. The van der Waals surface area contributed by atoms with Crippen LogP contribution in [0.15, 0.2) is 36.9 Å². The number of anilines is 1. The molecule has 2 aliphatic rings. The highest BCUT2D eigenvalue weighted by Gasteiger charge is 2.27. The molecule has 1 aromatic rings. The van der Waals surface area contributed by atoms with E-state index < -0.39 is 0 Å². The van der Waals surface area contributed by atoms with Gasteiger partial charge in [0.2, 0.25) is 5.91 Å².